The molecule has 2 saturated heterocycles. The number of carbonyl (C=O) groups excluding carboxylic acids is 1. The molecule has 3 heterocycles. The first-order chi connectivity index (χ1) is 15.1. The minimum absolute atomic E-state index is 0.0153. The van der Waals surface area contributed by atoms with Crippen molar-refractivity contribution in [2.75, 3.05) is 44.2 Å². The fraction of sp³-hybridized carbons (Fsp3) is 0.348. The van der Waals surface area contributed by atoms with E-state index in [9.17, 15) is 9.90 Å². The third-order valence-electron chi connectivity index (χ3n) is 6.24. The summed E-state index contributed by atoms with van der Waals surface area (Å²) in [5.41, 5.74) is 1.56. The summed E-state index contributed by atoms with van der Waals surface area (Å²) in [6.07, 6.45) is 1.12. The van der Waals surface area contributed by atoms with E-state index in [-0.39, 0.29) is 11.9 Å². The molecule has 0 spiro atoms. The molecule has 2 unspecified atom stereocenters. The number of halogens is 1. The van der Waals surface area contributed by atoms with Gasteiger partial charge in [-0.2, -0.15) is 0 Å². The van der Waals surface area contributed by atoms with Crippen molar-refractivity contribution in [3.05, 3.63) is 65.4 Å². The van der Waals surface area contributed by atoms with Crippen LogP contribution in [0, 0.1) is 0 Å². The van der Waals surface area contributed by atoms with Gasteiger partial charge in [-0.15, -0.1) is 0 Å². The summed E-state index contributed by atoms with van der Waals surface area (Å²) < 4.78 is 0. The minimum atomic E-state index is -0.466. The molecule has 0 bridgehead atoms. The number of nitrogens with zero attached hydrogens (tertiary/aromatic N) is 5. The third kappa shape index (κ3) is 3.96. The lowest BCUT2D eigenvalue weighted by Gasteiger charge is -2.38. The normalized spacial score (nSPS) is 22.3. The lowest BCUT2D eigenvalue weighted by atomic mass is 10.1. The maximum absolute atomic E-state index is 12.8. The second-order valence-electron chi connectivity index (χ2n) is 8.09. The van der Waals surface area contributed by atoms with Crippen molar-refractivity contribution in [2.45, 2.75) is 12.1 Å². The first-order valence-electron chi connectivity index (χ1n) is 10.5. The average Bonchev–Trinajstić information content (AvgIpc) is 3.20. The number of hydrogen-bond acceptors (Lipinski definition) is 6. The lowest BCUT2D eigenvalue weighted by Crippen LogP contribution is -2.54. The van der Waals surface area contributed by atoms with E-state index in [1.807, 2.05) is 29.2 Å². The molecule has 2 aliphatic rings. The molecular formula is C23H24ClN5O2. The zero-order chi connectivity index (χ0) is 21.4. The molecule has 7 nitrogen and oxygen atoms in total. The summed E-state index contributed by atoms with van der Waals surface area (Å²) in [4.78, 5) is 27.9. The summed E-state index contributed by atoms with van der Waals surface area (Å²) in [6, 6.07) is 15.0. The topological polar surface area (TPSA) is 72.8 Å². The number of aliphatic hydroxyl groups is 1. The number of anilines is 1. The van der Waals surface area contributed by atoms with Crippen molar-refractivity contribution in [3.63, 3.8) is 0 Å². The largest absolute Gasteiger partial charge is 0.390 e. The quantitative estimate of drug-likeness (QED) is 0.677. The molecule has 0 aliphatic carbocycles. The Kier molecular flexibility index (Phi) is 5.48. The van der Waals surface area contributed by atoms with Gasteiger partial charge in [-0.05, 0) is 36.4 Å². The Morgan fingerprint density at radius 2 is 1.71 bits per heavy atom. The average molecular weight is 438 g/mol. The van der Waals surface area contributed by atoms with Gasteiger partial charge in [0.25, 0.3) is 5.91 Å². The van der Waals surface area contributed by atoms with E-state index < -0.39 is 6.10 Å². The van der Waals surface area contributed by atoms with Gasteiger partial charge in [0.1, 0.15) is 12.1 Å². The Hall–Kier alpha value is -2.74. The van der Waals surface area contributed by atoms with Gasteiger partial charge in [0, 0.05) is 55.2 Å². The Bertz CT molecular complexity index is 1080. The van der Waals surface area contributed by atoms with Gasteiger partial charge >= 0.3 is 0 Å². The summed E-state index contributed by atoms with van der Waals surface area (Å²) in [6.45, 7) is 3.99. The monoisotopic (exact) mass is 437 g/mol. The molecule has 8 heteroatoms. The van der Waals surface area contributed by atoms with Gasteiger partial charge in [0.2, 0.25) is 0 Å². The van der Waals surface area contributed by atoms with Gasteiger partial charge in [0.05, 0.1) is 17.7 Å². The predicted molar refractivity (Wildman–Crippen MR) is 120 cm³/mol. The van der Waals surface area contributed by atoms with Gasteiger partial charge in [-0.3, -0.25) is 9.69 Å². The molecule has 3 aromatic rings. The highest BCUT2D eigenvalue weighted by molar-refractivity contribution is 6.30. The van der Waals surface area contributed by atoms with Crippen molar-refractivity contribution in [1.29, 1.82) is 0 Å². The molecule has 2 aromatic carbocycles. The van der Waals surface area contributed by atoms with Crippen molar-refractivity contribution in [1.82, 2.24) is 19.8 Å². The lowest BCUT2D eigenvalue weighted by molar-refractivity contribution is 0.0376. The van der Waals surface area contributed by atoms with Gasteiger partial charge in [-0.25, -0.2) is 9.97 Å². The summed E-state index contributed by atoms with van der Waals surface area (Å²) in [5.74, 6) is 0.890. The number of rotatable bonds is 3. The molecule has 1 amide bonds. The van der Waals surface area contributed by atoms with Crippen LogP contribution < -0.4 is 4.90 Å². The molecule has 1 N–H and O–H groups in total. The van der Waals surface area contributed by atoms with E-state index in [1.165, 1.54) is 0 Å². The molecule has 31 heavy (non-hydrogen) atoms. The number of fused-ring (bicyclic) bond motifs is 1. The third-order valence-corrected chi connectivity index (χ3v) is 6.49. The SMILES string of the molecule is O=C(c1ccc(Cl)cc1)N1CCN(C2CN(c3ncnc4ccccc34)CC2O)CC1. The van der Waals surface area contributed by atoms with Crippen LogP contribution in [0.1, 0.15) is 10.4 Å². The number of para-hydroxylation sites is 1. The Morgan fingerprint density at radius 1 is 0.968 bits per heavy atom. The highest BCUT2D eigenvalue weighted by Crippen LogP contribution is 2.28. The Morgan fingerprint density at radius 3 is 2.48 bits per heavy atom. The van der Waals surface area contributed by atoms with E-state index in [4.69, 9.17) is 11.6 Å². The maximum Gasteiger partial charge on any atom is 0.253 e. The van der Waals surface area contributed by atoms with Crippen LogP contribution in [0.5, 0.6) is 0 Å². The first kappa shape index (κ1) is 20.2. The van der Waals surface area contributed by atoms with Gasteiger partial charge < -0.3 is 14.9 Å². The second-order valence-corrected chi connectivity index (χ2v) is 8.53. The molecule has 0 saturated carbocycles. The summed E-state index contributed by atoms with van der Waals surface area (Å²) in [7, 11) is 0. The number of aromatic nitrogens is 2. The number of β-amino-alcohol motifs (C(OH)–C–C–N with tert-alkyl or cyclic N) is 1. The molecule has 5 rings (SSSR count). The smallest absolute Gasteiger partial charge is 0.253 e. The summed E-state index contributed by atoms with van der Waals surface area (Å²) >= 11 is 5.93. The van der Waals surface area contributed by atoms with Crippen molar-refractivity contribution < 1.29 is 9.90 Å². The summed E-state index contributed by atoms with van der Waals surface area (Å²) in [5, 5.41) is 12.4. The number of amides is 1. The number of benzene rings is 2. The van der Waals surface area contributed by atoms with Gasteiger partial charge in [-0.1, -0.05) is 23.7 Å². The van der Waals surface area contributed by atoms with E-state index in [1.54, 1.807) is 30.6 Å². The number of aliphatic hydroxyl groups excluding tert-OH is 1. The molecule has 1 aromatic heterocycles. The standard InChI is InChI=1S/C23H24ClN5O2/c24-17-7-5-16(6-8-17)23(31)28-11-9-27(10-12-28)20-13-29(14-21(20)30)22-18-3-1-2-4-19(18)25-15-26-22/h1-8,15,20-21,30H,9-14H2. The second kappa shape index (κ2) is 8.42. The predicted octanol–water partition coefficient (Wildman–Crippen LogP) is 2.29. The fourth-order valence-corrected chi connectivity index (χ4v) is 4.70. The van der Waals surface area contributed by atoms with E-state index in [0.717, 1.165) is 29.8 Å². The van der Waals surface area contributed by atoms with Crippen LogP contribution in [-0.2, 0) is 0 Å². The molecule has 2 fully saturated rings. The first-order valence-corrected chi connectivity index (χ1v) is 10.9. The Balaban J connectivity index is 1.25. The van der Waals surface area contributed by atoms with Crippen molar-refractivity contribution >= 4 is 34.2 Å². The highest BCUT2D eigenvalue weighted by Gasteiger charge is 2.38. The van der Waals surface area contributed by atoms with E-state index in [2.05, 4.69) is 19.8 Å². The zero-order valence-electron chi connectivity index (χ0n) is 17.1. The van der Waals surface area contributed by atoms with Gasteiger partial charge in [0.15, 0.2) is 0 Å². The number of piperazine rings is 1. The van der Waals surface area contributed by atoms with Crippen molar-refractivity contribution in [2.24, 2.45) is 0 Å². The van der Waals surface area contributed by atoms with Crippen LogP contribution in [0.4, 0.5) is 5.82 Å². The van der Waals surface area contributed by atoms with E-state index in [0.29, 0.717) is 36.8 Å². The molecule has 160 valence electrons. The highest BCUT2D eigenvalue weighted by atomic mass is 35.5. The minimum Gasteiger partial charge on any atom is -0.390 e. The van der Waals surface area contributed by atoms with Crippen molar-refractivity contribution in [3.8, 4) is 0 Å². The molecule has 2 aliphatic heterocycles. The van der Waals surface area contributed by atoms with Crippen LogP contribution in [0.25, 0.3) is 10.9 Å². The molecular weight excluding hydrogens is 414 g/mol. The number of hydrogen-bond donors (Lipinski definition) is 1. The number of carbonyl (C=O) groups is 1. The molecule has 2 atom stereocenters. The molecule has 0 radical (unpaired) electrons. The van der Waals surface area contributed by atoms with Crippen LogP contribution in [0.2, 0.25) is 5.02 Å². The fourth-order valence-electron chi connectivity index (χ4n) is 4.58. The zero-order valence-corrected chi connectivity index (χ0v) is 17.8. The van der Waals surface area contributed by atoms with Crippen LogP contribution in [-0.4, -0.2) is 82.2 Å². The van der Waals surface area contributed by atoms with E-state index >= 15 is 0 Å². The Labute approximate surface area is 185 Å². The van der Waals surface area contributed by atoms with Crippen LogP contribution in [0.15, 0.2) is 54.9 Å². The van der Waals surface area contributed by atoms with Crippen LogP contribution in [0.3, 0.4) is 0 Å². The van der Waals surface area contributed by atoms with Crippen LogP contribution >= 0.6 is 11.6 Å². The maximum atomic E-state index is 12.8.